The minimum Gasteiger partial charge on any atom is -0.461 e. The van der Waals surface area contributed by atoms with E-state index in [1.165, 1.54) is 19.2 Å². The summed E-state index contributed by atoms with van der Waals surface area (Å²) in [5, 5.41) is 5.48. The summed E-state index contributed by atoms with van der Waals surface area (Å²) in [6.07, 6.45) is 0. The minimum absolute atomic E-state index is 0.0211. The second kappa shape index (κ2) is 8.28. The zero-order valence-electron chi connectivity index (χ0n) is 14.4. The molecule has 25 heavy (non-hydrogen) atoms. The van der Waals surface area contributed by atoms with E-state index >= 15 is 0 Å². The first-order valence-corrected chi connectivity index (χ1v) is 7.95. The SMILES string of the molecule is CNC(=O)c1ccc(Nc2ccccc2COC(=O)C(C)C)cc1F. The van der Waals surface area contributed by atoms with Crippen molar-refractivity contribution in [3.05, 3.63) is 59.4 Å². The smallest absolute Gasteiger partial charge is 0.308 e. The van der Waals surface area contributed by atoms with Crippen molar-refractivity contribution in [1.82, 2.24) is 5.32 Å². The third kappa shape index (κ3) is 4.79. The summed E-state index contributed by atoms with van der Waals surface area (Å²) < 4.78 is 19.3. The molecule has 0 heterocycles. The van der Waals surface area contributed by atoms with E-state index in [1.807, 2.05) is 24.3 Å². The lowest BCUT2D eigenvalue weighted by molar-refractivity contribution is -0.148. The monoisotopic (exact) mass is 344 g/mol. The van der Waals surface area contributed by atoms with E-state index in [0.717, 1.165) is 5.56 Å². The fourth-order valence-corrected chi connectivity index (χ4v) is 2.15. The van der Waals surface area contributed by atoms with Crippen LogP contribution in [0.25, 0.3) is 0 Å². The Morgan fingerprint density at radius 3 is 2.52 bits per heavy atom. The van der Waals surface area contributed by atoms with E-state index in [2.05, 4.69) is 10.6 Å². The van der Waals surface area contributed by atoms with Gasteiger partial charge in [0.25, 0.3) is 5.91 Å². The van der Waals surface area contributed by atoms with E-state index in [0.29, 0.717) is 11.4 Å². The van der Waals surface area contributed by atoms with Gasteiger partial charge in [-0.2, -0.15) is 0 Å². The van der Waals surface area contributed by atoms with E-state index in [-0.39, 0.29) is 24.1 Å². The Labute approximate surface area is 146 Å². The van der Waals surface area contributed by atoms with Gasteiger partial charge < -0.3 is 15.4 Å². The molecule has 0 atom stereocenters. The zero-order chi connectivity index (χ0) is 18.4. The van der Waals surface area contributed by atoms with Gasteiger partial charge in [-0.25, -0.2) is 4.39 Å². The number of hydrogen-bond donors (Lipinski definition) is 2. The number of amides is 1. The Hall–Kier alpha value is -2.89. The van der Waals surface area contributed by atoms with Crippen LogP contribution in [0.15, 0.2) is 42.5 Å². The Morgan fingerprint density at radius 1 is 1.16 bits per heavy atom. The molecule has 0 saturated carbocycles. The predicted molar refractivity (Wildman–Crippen MR) is 94.1 cm³/mol. The van der Waals surface area contributed by atoms with Gasteiger partial charge >= 0.3 is 5.97 Å². The molecular weight excluding hydrogens is 323 g/mol. The normalized spacial score (nSPS) is 10.4. The highest BCUT2D eigenvalue weighted by Crippen LogP contribution is 2.23. The molecule has 0 aromatic heterocycles. The molecule has 6 heteroatoms. The average molecular weight is 344 g/mol. The summed E-state index contributed by atoms with van der Waals surface area (Å²) in [7, 11) is 1.45. The number of hydrogen-bond acceptors (Lipinski definition) is 4. The molecular formula is C19H21FN2O3. The molecule has 2 aromatic carbocycles. The number of rotatable bonds is 6. The lowest BCUT2D eigenvalue weighted by Crippen LogP contribution is -2.19. The quantitative estimate of drug-likeness (QED) is 0.785. The van der Waals surface area contributed by atoms with Gasteiger partial charge in [-0.1, -0.05) is 32.0 Å². The van der Waals surface area contributed by atoms with Crippen molar-refractivity contribution >= 4 is 23.3 Å². The summed E-state index contributed by atoms with van der Waals surface area (Å²) in [6.45, 7) is 3.66. The maximum Gasteiger partial charge on any atom is 0.308 e. The molecule has 5 nitrogen and oxygen atoms in total. The molecule has 0 aliphatic heterocycles. The lowest BCUT2D eigenvalue weighted by Gasteiger charge is -2.14. The van der Waals surface area contributed by atoms with Crippen LogP contribution in [0.1, 0.15) is 29.8 Å². The summed E-state index contributed by atoms with van der Waals surface area (Å²) >= 11 is 0. The van der Waals surface area contributed by atoms with E-state index < -0.39 is 11.7 Å². The molecule has 1 amide bonds. The Bertz CT molecular complexity index is 775. The molecule has 0 spiro atoms. The number of esters is 1. The van der Waals surface area contributed by atoms with Crippen LogP contribution in [0.3, 0.4) is 0 Å². The molecule has 0 saturated heterocycles. The van der Waals surface area contributed by atoms with Gasteiger partial charge in [0.2, 0.25) is 0 Å². The summed E-state index contributed by atoms with van der Waals surface area (Å²) in [5.74, 6) is -1.58. The molecule has 0 bridgehead atoms. The minimum atomic E-state index is -0.618. The molecule has 0 aliphatic carbocycles. The maximum absolute atomic E-state index is 14.1. The number of carbonyl (C=O) groups is 2. The van der Waals surface area contributed by atoms with Crippen LogP contribution in [-0.2, 0) is 16.1 Å². The van der Waals surface area contributed by atoms with Gasteiger partial charge in [-0.05, 0) is 24.3 Å². The van der Waals surface area contributed by atoms with Crippen molar-refractivity contribution in [2.75, 3.05) is 12.4 Å². The highest BCUT2D eigenvalue weighted by atomic mass is 19.1. The maximum atomic E-state index is 14.1. The molecule has 0 fully saturated rings. The number of anilines is 2. The first-order valence-electron chi connectivity index (χ1n) is 7.95. The highest BCUT2D eigenvalue weighted by Gasteiger charge is 2.12. The van der Waals surface area contributed by atoms with Gasteiger partial charge in [0.1, 0.15) is 12.4 Å². The van der Waals surface area contributed by atoms with Crippen LogP contribution < -0.4 is 10.6 Å². The van der Waals surface area contributed by atoms with Crippen LogP contribution in [0.2, 0.25) is 0 Å². The van der Waals surface area contributed by atoms with E-state index in [4.69, 9.17) is 4.74 Å². The standard InChI is InChI=1S/C19H21FN2O3/c1-12(2)19(24)25-11-13-6-4-5-7-17(13)22-14-8-9-15(16(20)10-14)18(23)21-3/h4-10,12,22H,11H2,1-3H3,(H,21,23). The second-order valence-corrected chi connectivity index (χ2v) is 5.82. The first-order chi connectivity index (χ1) is 11.9. The van der Waals surface area contributed by atoms with Crippen molar-refractivity contribution in [1.29, 1.82) is 0 Å². The van der Waals surface area contributed by atoms with E-state index in [1.54, 1.807) is 19.9 Å². The number of nitrogens with one attached hydrogen (secondary N) is 2. The molecule has 0 aliphatic rings. The van der Waals surface area contributed by atoms with Crippen LogP contribution in [0, 0.1) is 11.7 Å². The Kier molecular flexibility index (Phi) is 6.11. The Balaban J connectivity index is 2.16. The summed E-state index contributed by atoms with van der Waals surface area (Å²) in [6, 6.07) is 11.6. The topological polar surface area (TPSA) is 67.4 Å². The molecule has 2 N–H and O–H groups in total. The number of halogens is 1. The Morgan fingerprint density at radius 2 is 1.88 bits per heavy atom. The lowest BCUT2D eigenvalue weighted by atomic mass is 10.1. The van der Waals surface area contributed by atoms with Crippen LogP contribution >= 0.6 is 0 Å². The molecule has 2 aromatic rings. The van der Waals surface area contributed by atoms with Gasteiger partial charge in [0, 0.05) is 24.0 Å². The van der Waals surface area contributed by atoms with Crippen molar-refractivity contribution in [2.24, 2.45) is 5.92 Å². The fraction of sp³-hybridized carbons (Fsp3) is 0.263. The third-order valence-electron chi connectivity index (χ3n) is 3.58. The van der Waals surface area contributed by atoms with Gasteiger partial charge in [-0.3, -0.25) is 9.59 Å². The largest absolute Gasteiger partial charge is 0.461 e. The highest BCUT2D eigenvalue weighted by molar-refractivity contribution is 5.94. The van der Waals surface area contributed by atoms with Crippen LogP contribution in [-0.4, -0.2) is 18.9 Å². The first kappa shape index (κ1) is 18.4. The van der Waals surface area contributed by atoms with Gasteiger partial charge in [0.15, 0.2) is 0 Å². The van der Waals surface area contributed by atoms with Gasteiger partial charge in [0.05, 0.1) is 11.5 Å². The molecule has 2 rings (SSSR count). The van der Waals surface area contributed by atoms with Crippen molar-refractivity contribution in [3.63, 3.8) is 0 Å². The van der Waals surface area contributed by atoms with Crippen molar-refractivity contribution < 1.29 is 18.7 Å². The fourth-order valence-electron chi connectivity index (χ4n) is 2.15. The molecule has 0 unspecified atom stereocenters. The zero-order valence-corrected chi connectivity index (χ0v) is 14.4. The molecule has 0 radical (unpaired) electrons. The summed E-state index contributed by atoms with van der Waals surface area (Å²) in [4.78, 5) is 23.2. The number of ether oxygens (including phenoxy) is 1. The number of carbonyl (C=O) groups excluding carboxylic acids is 2. The summed E-state index contributed by atoms with van der Waals surface area (Å²) in [5.41, 5.74) is 1.94. The molecule has 132 valence electrons. The van der Waals surface area contributed by atoms with Gasteiger partial charge in [-0.15, -0.1) is 0 Å². The number of para-hydroxylation sites is 1. The number of benzene rings is 2. The van der Waals surface area contributed by atoms with Crippen molar-refractivity contribution in [3.8, 4) is 0 Å². The van der Waals surface area contributed by atoms with Crippen LogP contribution in [0.4, 0.5) is 15.8 Å². The van der Waals surface area contributed by atoms with Crippen LogP contribution in [0.5, 0.6) is 0 Å². The van der Waals surface area contributed by atoms with Crippen molar-refractivity contribution in [2.45, 2.75) is 20.5 Å². The third-order valence-corrected chi connectivity index (χ3v) is 3.58. The predicted octanol–water partition coefficient (Wildman–Crippen LogP) is 3.63. The average Bonchev–Trinajstić information content (AvgIpc) is 2.60. The second-order valence-electron chi connectivity index (χ2n) is 5.82. The van der Waals surface area contributed by atoms with E-state index in [9.17, 15) is 14.0 Å².